The zero-order chi connectivity index (χ0) is 26.2. The van der Waals surface area contributed by atoms with E-state index in [0.717, 1.165) is 30.2 Å². The van der Waals surface area contributed by atoms with Crippen LogP contribution >= 0.6 is 0 Å². The van der Waals surface area contributed by atoms with Crippen molar-refractivity contribution in [1.82, 2.24) is 19.4 Å². The Labute approximate surface area is 216 Å². The molecule has 0 unspecified atom stereocenters. The molecule has 11 heteroatoms. The lowest BCUT2D eigenvalue weighted by molar-refractivity contribution is 0.0963. The molecule has 37 heavy (non-hydrogen) atoms. The van der Waals surface area contributed by atoms with Crippen LogP contribution in [-0.2, 0) is 21.4 Å². The average molecular weight is 510 g/mol. The fourth-order valence-electron chi connectivity index (χ4n) is 4.91. The van der Waals surface area contributed by atoms with Gasteiger partial charge in [0.05, 0.1) is 39.2 Å². The number of nitrogens with one attached hydrogen (secondary N) is 1. The maximum Gasteiger partial charge on any atom is 0.242 e. The molecule has 198 valence electrons. The Hall–Kier alpha value is -3.44. The lowest BCUT2D eigenvalue weighted by Gasteiger charge is -2.34. The molecular formula is C26H35N7O4. The van der Waals surface area contributed by atoms with Gasteiger partial charge in [-0.05, 0) is 23.6 Å². The number of carbonyl (C=O) groups excluding carboxylic acids is 1. The molecule has 0 atom stereocenters. The third-order valence-electron chi connectivity index (χ3n) is 6.87. The Balaban J connectivity index is 1.50. The quantitative estimate of drug-likeness (QED) is 0.502. The highest BCUT2D eigenvalue weighted by atomic mass is 16.5. The highest BCUT2D eigenvalue weighted by molar-refractivity contribution is 6.03. The maximum absolute atomic E-state index is 13.7. The van der Waals surface area contributed by atoms with Gasteiger partial charge >= 0.3 is 0 Å². The van der Waals surface area contributed by atoms with Crippen LogP contribution in [0, 0.1) is 5.41 Å². The molecular weight excluding hydrogens is 474 g/mol. The van der Waals surface area contributed by atoms with Crippen LogP contribution in [0.4, 0.5) is 11.5 Å². The molecule has 1 N–H and O–H groups in total. The highest BCUT2D eigenvalue weighted by Gasteiger charge is 2.29. The first kappa shape index (κ1) is 25.2. The van der Waals surface area contributed by atoms with E-state index in [-0.39, 0.29) is 23.4 Å². The van der Waals surface area contributed by atoms with Crippen molar-refractivity contribution >= 4 is 22.9 Å². The number of hydrogen-bond donors (Lipinski definition) is 1. The fraction of sp³-hybridized carbons (Fsp3) is 0.538. The third-order valence-corrected chi connectivity index (χ3v) is 6.87. The van der Waals surface area contributed by atoms with Crippen LogP contribution in [0.2, 0.25) is 0 Å². The molecule has 1 aromatic carbocycles. The molecule has 2 aliphatic heterocycles. The zero-order valence-corrected chi connectivity index (χ0v) is 22.0. The zero-order valence-electron chi connectivity index (χ0n) is 22.0. The van der Waals surface area contributed by atoms with E-state index in [9.17, 15) is 4.79 Å². The van der Waals surface area contributed by atoms with Crippen LogP contribution in [0.1, 0.15) is 36.7 Å². The van der Waals surface area contributed by atoms with Crippen molar-refractivity contribution in [1.29, 1.82) is 5.41 Å². The molecule has 5 rings (SSSR count). The number of Topliss-reactive ketones (excluding diaryl/α,β-unsaturated/α-hetero) is 1. The monoisotopic (exact) mass is 509 g/mol. The summed E-state index contributed by atoms with van der Waals surface area (Å²) in [4.78, 5) is 18.0. The number of ketones is 1. The summed E-state index contributed by atoms with van der Waals surface area (Å²) >= 11 is 0. The second-order valence-electron chi connectivity index (χ2n) is 10.4. The van der Waals surface area contributed by atoms with Crippen LogP contribution < -0.4 is 20.2 Å². The second kappa shape index (κ2) is 10.1. The predicted octanol–water partition coefficient (Wildman–Crippen LogP) is 1.87. The summed E-state index contributed by atoms with van der Waals surface area (Å²) in [7, 11) is 1.65. The second-order valence-corrected chi connectivity index (χ2v) is 10.4. The standard InChI is InChI=1S/C26H35N7O4/c1-26(2,3)19-6-5-18(23(24(19)35-4)31-11-15-37-16-12-31)20(34)17-32-25(27)33-22(28-32)8-7-21(29-33)30-9-13-36-14-10-30/h5-8,27H,9-17H2,1-4H3. The number of methoxy groups -OCH3 is 1. The molecule has 0 spiro atoms. The molecule has 4 heterocycles. The normalized spacial score (nSPS) is 16.9. The Bertz CT molecular complexity index is 1350. The van der Waals surface area contributed by atoms with E-state index in [1.165, 1.54) is 9.20 Å². The molecule has 0 amide bonds. The van der Waals surface area contributed by atoms with E-state index >= 15 is 0 Å². The lowest BCUT2D eigenvalue weighted by Crippen LogP contribution is -2.38. The van der Waals surface area contributed by atoms with E-state index in [1.807, 2.05) is 24.3 Å². The molecule has 0 bridgehead atoms. The van der Waals surface area contributed by atoms with Gasteiger partial charge in [-0.3, -0.25) is 10.2 Å². The van der Waals surface area contributed by atoms with Crippen molar-refractivity contribution in [3.63, 3.8) is 0 Å². The van der Waals surface area contributed by atoms with E-state index in [2.05, 4.69) is 40.8 Å². The van der Waals surface area contributed by atoms with E-state index < -0.39 is 0 Å². The van der Waals surface area contributed by atoms with Gasteiger partial charge in [-0.2, -0.15) is 4.52 Å². The number of fused-ring (bicyclic) bond motifs is 1. The minimum Gasteiger partial charge on any atom is -0.494 e. The Morgan fingerprint density at radius 3 is 2.24 bits per heavy atom. The van der Waals surface area contributed by atoms with Crippen LogP contribution in [0.25, 0.3) is 5.65 Å². The molecule has 2 saturated heterocycles. The van der Waals surface area contributed by atoms with Crippen LogP contribution in [0.3, 0.4) is 0 Å². The number of ether oxygens (including phenoxy) is 3. The van der Waals surface area contributed by atoms with Crippen LogP contribution in [-0.4, -0.2) is 84.9 Å². The number of anilines is 2. The highest BCUT2D eigenvalue weighted by Crippen LogP contribution is 2.41. The molecule has 11 nitrogen and oxygen atoms in total. The topological polar surface area (TPSA) is 110 Å². The first-order valence-corrected chi connectivity index (χ1v) is 12.7. The summed E-state index contributed by atoms with van der Waals surface area (Å²) in [5, 5.41) is 17.8. The largest absolute Gasteiger partial charge is 0.494 e. The van der Waals surface area contributed by atoms with Crippen molar-refractivity contribution in [2.45, 2.75) is 32.7 Å². The molecule has 2 aliphatic rings. The first-order chi connectivity index (χ1) is 17.8. The summed E-state index contributed by atoms with van der Waals surface area (Å²) in [6.07, 6.45) is 0. The Kier molecular flexibility index (Phi) is 6.91. The Morgan fingerprint density at radius 1 is 0.973 bits per heavy atom. The van der Waals surface area contributed by atoms with Gasteiger partial charge < -0.3 is 24.0 Å². The molecule has 3 aromatic rings. The van der Waals surface area contributed by atoms with Gasteiger partial charge in [0.2, 0.25) is 5.62 Å². The van der Waals surface area contributed by atoms with Gasteiger partial charge in [0.15, 0.2) is 11.4 Å². The summed E-state index contributed by atoms with van der Waals surface area (Å²) in [6.45, 7) is 11.6. The summed E-state index contributed by atoms with van der Waals surface area (Å²) in [5.74, 6) is 1.33. The molecule has 2 fully saturated rings. The lowest BCUT2D eigenvalue weighted by atomic mass is 9.84. The number of benzene rings is 1. The number of carbonyl (C=O) groups is 1. The summed E-state index contributed by atoms with van der Waals surface area (Å²) in [5.41, 5.74) is 2.77. The van der Waals surface area contributed by atoms with Crippen molar-refractivity contribution in [3.05, 3.63) is 41.0 Å². The number of morpholine rings is 2. The van der Waals surface area contributed by atoms with E-state index in [1.54, 1.807) is 7.11 Å². The fourth-order valence-corrected chi connectivity index (χ4v) is 4.91. The van der Waals surface area contributed by atoms with Gasteiger partial charge in [-0.25, -0.2) is 4.68 Å². The molecule has 0 aliphatic carbocycles. The smallest absolute Gasteiger partial charge is 0.242 e. The van der Waals surface area contributed by atoms with Crippen molar-refractivity contribution in [2.75, 3.05) is 69.5 Å². The molecule has 0 radical (unpaired) electrons. The number of nitrogens with zero attached hydrogens (tertiary/aromatic N) is 6. The van der Waals surface area contributed by atoms with Gasteiger partial charge in [0.25, 0.3) is 0 Å². The third kappa shape index (κ3) is 4.93. The maximum atomic E-state index is 13.7. The SMILES string of the molecule is COc1c(C(C)(C)C)ccc(C(=O)Cn2nc3ccc(N4CCOCC4)nn3c2=N)c1N1CCOCC1. The van der Waals surface area contributed by atoms with Crippen molar-refractivity contribution < 1.29 is 19.0 Å². The van der Waals surface area contributed by atoms with Crippen molar-refractivity contribution in [3.8, 4) is 5.75 Å². The van der Waals surface area contributed by atoms with E-state index in [4.69, 9.17) is 19.6 Å². The minimum atomic E-state index is -0.164. The molecule has 2 aromatic heterocycles. The first-order valence-electron chi connectivity index (χ1n) is 12.7. The van der Waals surface area contributed by atoms with Crippen LogP contribution in [0.15, 0.2) is 24.3 Å². The predicted molar refractivity (Wildman–Crippen MR) is 139 cm³/mol. The van der Waals surface area contributed by atoms with Gasteiger partial charge in [0, 0.05) is 37.3 Å². The van der Waals surface area contributed by atoms with Gasteiger partial charge in [-0.1, -0.05) is 26.8 Å². The van der Waals surface area contributed by atoms with Crippen molar-refractivity contribution in [2.24, 2.45) is 0 Å². The summed E-state index contributed by atoms with van der Waals surface area (Å²) < 4.78 is 19.8. The number of rotatable bonds is 6. The van der Waals surface area contributed by atoms with E-state index in [0.29, 0.717) is 56.5 Å². The van der Waals surface area contributed by atoms with Gasteiger partial charge in [-0.15, -0.1) is 10.2 Å². The number of aromatic nitrogens is 4. The minimum absolute atomic E-state index is 0.0460. The Morgan fingerprint density at radius 2 is 1.62 bits per heavy atom. The molecule has 0 saturated carbocycles. The number of hydrogen-bond acceptors (Lipinski definition) is 9. The van der Waals surface area contributed by atoms with Crippen LogP contribution in [0.5, 0.6) is 5.75 Å². The average Bonchev–Trinajstić information content (AvgIpc) is 3.22. The summed E-state index contributed by atoms with van der Waals surface area (Å²) in [6, 6.07) is 7.58. The van der Waals surface area contributed by atoms with Gasteiger partial charge in [0.1, 0.15) is 18.1 Å².